The van der Waals surface area contributed by atoms with Crippen molar-refractivity contribution in [2.75, 3.05) is 20.7 Å². The van der Waals surface area contributed by atoms with Crippen molar-refractivity contribution in [3.05, 3.63) is 57.5 Å². The fourth-order valence-corrected chi connectivity index (χ4v) is 3.71. The van der Waals surface area contributed by atoms with E-state index in [4.69, 9.17) is 21.1 Å². The Morgan fingerprint density at radius 1 is 1.19 bits per heavy atom. The quantitative estimate of drug-likeness (QED) is 0.589. The van der Waals surface area contributed by atoms with Crippen molar-refractivity contribution in [2.45, 2.75) is 11.5 Å². The zero-order chi connectivity index (χ0) is 19.3. The highest BCUT2D eigenvalue weighted by molar-refractivity contribution is 9.10. The van der Waals surface area contributed by atoms with E-state index >= 15 is 0 Å². The summed E-state index contributed by atoms with van der Waals surface area (Å²) in [6, 6.07) is 11.2. The second-order valence-corrected chi connectivity index (χ2v) is 8.90. The Bertz CT molecular complexity index is 902. The molecule has 2 aromatic carbocycles. The van der Waals surface area contributed by atoms with Crippen LogP contribution in [0, 0.1) is 0 Å². The molecule has 0 heterocycles. The first-order valence-electron chi connectivity index (χ1n) is 7.45. The second-order valence-electron chi connectivity index (χ2n) is 5.46. The number of nitrogens with zero attached hydrogens (tertiary/aromatic N) is 1. The molecule has 0 aromatic heterocycles. The van der Waals surface area contributed by atoms with E-state index in [2.05, 4.69) is 15.9 Å². The molecule has 0 aliphatic rings. The van der Waals surface area contributed by atoms with Crippen LogP contribution in [-0.2, 0) is 26.2 Å². The summed E-state index contributed by atoms with van der Waals surface area (Å²) in [6.45, 7) is -0.337. The summed E-state index contributed by atoms with van der Waals surface area (Å²) in [5.41, 5.74) is 0.564. The molecule has 2 rings (SSSR count). The number of carbonyl (C=O) groups is 1. The summed E-state index contributed by atoms with van der Waals surface area (Å²) in [4.78, 5) is 12.0. The number of ether oxygens (including phenoxy) is 2. The number of halogens is 2. The molecule has 0 aliphatic carbocycles. The first-order valence-corrected chi connectivity index (χ1v) is 10.1. The number of benzene rings is 2. The molecular formula is C17H17BrClNO5S. The normalized spacial score (nSPS) is 11.4. The van der Waals surface area contributed by atoms with E-state index < -0.39 is 16.0 Å². The van der Waals surface area contributed by atoms with Crippen LogP contribution in [0.3, 0.4) is 0 Å². The lowest BCUT2D eigenvalue weighted by molar-refractivity contribution is -0.147. The van der Waals surface area contributed by atoms with E-state index in [1.165, 1.54) is 26.2 Å². The third-order valence-corrected chi connectivity index (χ3v) is 5.98. The minimum absolute atomic E-state index is 0.0548. The van der Waals surface area contributed by atoms with E-state index in [1.807, 2.05) is 0 Å². The summed E-state index contributed by atoms with van der Waals surface area (Å²) in [7, 11) is -0.635. The molecule has 0 fully saturated rings. The number of sulfonamides is 1. The van der Waals surface area contributed by atoms with Crippen LogP contribution in [0.2, 0.25) is 5.02 Å². The van der Waals surface area contributed by atoms with Crippen LogP contribution >= 0.6 is 27.5 Å². The highest BCUT2D eigenvalue weighted by Gasteiger charge is 2.17. The zero-order valence-electron chi connectivity index (χ0n) is 14.1. The SMILES string of the molecule is CN(C)S(=O)(=O)c1cccc(COC(=O)COc2ccc(Cl)cc2Br)c1. The van der Waals surface area contributed by atoms with Gasteiger partial charge in [-0.1, -0.05) is 23.7 Å². The average Bonchev–Trinajstić information content (AvgIpc) is 2.59. The lowest BCUT2D eigenvalue weighted by atomic mass is 10.2. The van der Waals surface area contributed by atoms with Gasteiger partial charge in [-0.2, -0.15) is 0 Å². The van der Waals surface area contributed by atoms with Gasteiger partial charge in [0, 0.05) is 19.1 Å². The van der Waals surface area contributed by atoms with Crippen molar-refractivity contribution in [2.24, 2.45) is 0 Å². The van der Waals surface area contributed by atoms with Gasteiger partial charge in [-0.25, -0.2) is 17.5 Å². The summed E-state index contributed by atoms with van der Waals surface area (Å²) >= 11 is 9.13. The molecule has 0 spiro atoms. The molecule has 140 valence electrons. The van der Waals surface area contributed by atoms with E-state index in [0.29, 0.717) is 20.8 Å². The smallest absolute Gasteiger partial charge is 0.344 e. The van der Waals surface area contributed by atoms with Gasteiger partial charge in [0.2, 0.25) is 10.0 Å². The highest BCUT2D eigenvalue weighted by Crippen LogP contribution is 2.27. The van der Waals surface area contributed by atoms with Crippen LogP contribution in [0.1, 0.15) is 5.56 Å². The Hall–Kier alpha value is -1.61. The second kappa shape index (κ2) is 8.85. The molecule has 2 aromatic rings. The molecule has 0 amide bonds. The molecule has 9 heteroatoms. The average molecular weight is 463 g/mol. The largest absolute Gasteiger partial charge is 0.481 e. The van der Waals surface area contributed by atoms with Crippen molar-refractivity contribution in [3.63, 3.8) is 0 Å². The number of carbonyl (C=O) groups excluding carboxylic acids is 1. The lowest BCUT2D eigenvalue weighted by Gasteiger charge is -2.12. The Labute approximate surface area is 165 Å². The highest BCUT2D eigenvalue weighted by atomic mass is 79.9. The number of hydrogen-bond donors (Lipinski definition) is 0. The Balaban J connectivity index is 1.93. The fraction of sp³-hybridized carbons (Fsp3) is 0.235. The van der Waals surface area contributed by atoms with Gasteiger partial charge in [0.1, 0.15) is 12.4 Å². The van der Waals surface area contributed by atoms with Gasteiger partial charge in [-0.05, 0) is 51.8 Å². The molecular weight excluding hydrogens is 446 g/mol. The Kier molecular flexibility index (Phi) is 7.05. The van der Waals surface area contributed by atoms with Crippen molar-refractivity contribution >= 4 is 43.5 Å². The van der Waals surface area contributed by atoms with Crippen LogP contribution in [0.5, 0.6) is 5.75 Å². The van der Waals surface area contributed by atoms with Gasteiger partial charge in [-0.3, -0.25) is 0 Å². The molecule has 0 bridgehead atoms. The predicted octanol–water partition coefficient (Wildman–Crippen LogP) is 3.48. The first-order chi connectivity index (χ1) is 12.2. The van der Waals surface area contributed by atoms with Gasteiger partial charge < -0.3 is 9.47 Å². The minimum Gasteiger partial charge on any atom is -0.481 e. The third kappa shape index (κ3) is 5.44. The van der Waals surface area contributed by atoms with Crippen LogP contribution in [0.15, 0.2) is 51.8 Å². The monoisotopic (exact) mass is 461 g/mol. The maximum atomic E-state index is 12.1. The van der Waals surface area contributed by atoms with Crippen LogP contribution in [0.25, 0.3) is 0 Å². The summed E-state index contributed by atoms with van der Waals surface area (Å²) < 4.78 is 36.5. The maximum absolute atomic E-state index is 12.1. The van der Waals surface area contributed by atoms with Gasteiger partial charge in [0.15, 0.2) is 6.61 Å². The van der Waals surface area contributed by atoms with Gasteiger partial charge in [0.25, 0.3) is 0 Å². The third-order valence-electron chi connectivity index (χ3n) is 3.32. The molecule has 0 radical (unpaired) electrons. The van der Waals surface area contributed by atoms with Crippen LogP contribution in [0.4, 0.5) is 0 Å². The Morgan fingerprint density at radius 3 is 2.58 bits per heavy atom. The molecule has 0 aliphatic heterocycles. The van der Waals surface area contributed by atoms with Crippen LogP contribution < -0.4 is 4.74 Å². The number of rotatable bonds is 7. The van der Waals surface area contributed by atoms with Crippen LogP contribution in [-0.4, -0.2) is 39.4 Å². The van der Waals surface area contributed by atoms with Gasteiger partial charge in [0.05, 0.1) is 9.37 Å². The van der Waals surface area contributed by atoms with Gasteiger partial charge >= 0.3 is 5.97 Å². The lowest BCUT2D eigenvalue weighted by Crippen LogP contribution is -2.22. The van der Waals surface area contributed by atoms with Crippen molar-refractivity contribution in [1.29, 1.82) is 0 Å². The molecule has 0 saturated carbocycles. The Morgan fingerprint density at radius 2 is 1.92 bits per heavy atom. The first kappa shape index (κ1) is 20.7. The molecule has 0 saturated heterocycles. The molecule has 26 heavy (non-hydrogen) atoms. The standard InChI is InChI=1S/C17H17BrClNO5S/c1-20(2)26(22,23)14-5-3-4-12(8-14)10-25-17(21)11-24-16-7-6-13(19)9-15(16)18/h3-9H,10-11H2,1-2H3. The summed E-state index contributed by atoms with van der Waals surface area (Å²) in [5.74, 6) is -0.113. The molecule has 0 N–H and O–H groups in total. The van der Waals surface area contributed by atoms with Crippen molar-refractivity contribution in [3.8, 4) is 5.75 Å². The zero-order valence-corrected chi connectivity index (χ0v) is 17.3. The number of hydrogen-bond acceptors (Lipinski definition) is 5. The minimum atomic E-state index is -3.54. The van der Waals surface area contributed by atoms with E-state index in [9.17, 15) is 13.2 Å². The molecule has 6 nitrogen and oxygen atoms in total. The number of esters is 1. The summed E-state index contributed by atoms with van der Waals surface area (Å²) in [6.07, 6.45) is 0. The topological polar surface area (TPSA) is 72.9 Å². The van der Waals surface area contributed by atoms with Gasteiger partial charge in [-0.15, -0.1) is 0 Å². The van der Waals surface area contributed by atoms with E-state index in [0.717, 1.165) is 4.31 Å². The summed E-state index contributed by atoms with van der Waals surface area (Å²) in [5, 5.41) is 0.541. The van der Waals surface area contributed by atoms with Crippen molar-refractivity contribution < 1.29 is 22.7 Å². The maximum Gasteiger partial charge on any atom is 0.344 e. The predicted molar refractivity (Wildman–Crippen MR) is 102 cm³/mol. The van der Waals surface area contributed by atoms with E-state index in [1.54, 1.807) is 30.3 Å². The van der Waals surface area contributed by atoms with Crippen molar-refractivity contribution in [1.82, 2.24) is 4.31 Å². The molecule has 0 atom stereocenters. The fourth-order valence-electron chi connectivity index (χ4n) is 1.94. The van der Waals surface area contributed by atoms with E-state index in [-0.39, 0.29) is 18.1 Å². The molecule has 0 unspecified atom stereocenters.